The number of hydrogen-bond donors (Lipinski definition) is 2. The van der Waals surface area contributed by atoms with E-state index in [-0.39, 0.29) is 5.88 Å². The Hall–Kier alpha value is -1.45. The zero-order valence-corrected chi connectivity index (χ0v) is 11.3. The van der Waals surface area contributed by atoms with Crippen molar-refractivity contribution in [3.05, 3.63) is 25.1 Å². The molecule has 1 unspecified atom stereocenters. The summed E-state index contributed by atoms with van der Waals surface area (Å²) in [7, 11) is 0. The number of carbonyl (C=O) groups is 1. The van der Waals surface area contributed by atoms with Crippen molar-refractivity contribution in [3.63, 3.8) is 0 Å². The fraction of sp³-hybridized carbons (Fsp3) is 0.615. The van der Waals surface area contributed by atoms with Gasteiger partial charge in [-0.25, -0.2) is 4.79 Å². The summed E-state index contributed by atoms with van der Waals surface area (Å²) in [4.78, 5) is 11.2. The van der Waals surface area contributed by atoms with Crippen molar-refractivity contribution < 1.29 is 14.6 Å². The minimum Gasteiger partial charge on any atom is -0.480 e. The Kier molecular flexibility index (Phi) is 4.81. The average molecular weight is 241 g/mol. The third-order valence-corrected chi connectivity index (χ3v) is 2.25. The summed E-state index contributed by atoms with van der Waals surface area (Å²) < 4.78 is 5.45. The lowest BCUT2D eigenvalue weighted by atomic mass is 9.84. The zero-order chi connectivity index (χ0) is 13.9. The van der Waals surface area contributed by atoms with Crippen molar-refractivity contribution in [1.82, 2.24) is 5.32 Å². The summed E-state index contributed by atoms with van der Waals surface area (Å²) in [5.74, 6) is -0.714. The second-order valence-electron chi connectivity index (χ2n) is 5.58. The Labute approximate surface area is 103 Å². The number of nitrogens with one attached hydrogen (secondary N) is 1. The highest BCUT2D eigenvalue weighted by Gasteiger charge is 2.33. The molecule has 0 aliphatic carbocycles. The monoisotopic (exact) mass is 241 g/mol. The maximum absolute atomic E-state index is 11.2. The van der Waals surface area contributed by atoms with Crippen molar-refractivity contribution in [1.29, 1.82) is 0 Å². The Morgan fingerprint density at radius 1 is 1.35 bits per heavy atom. The summed E-state index contributed by atoms with van der Waals surface area (Å²) in [6, 6.07) is -0.824. The van der Waals surface area contributed by atoms with E-state index in [1.54, 1.807) is 19.9 Å². The van der Waals surface area contributed by atoms with E-state index in [9.17, 15) is 9.90 Å². The lowest BCUT2D eigenvalue weighted by molar-refractivity contribution is -0.142. The molecule has 0 saturated heterocycles. The molecule has 0 fully saturated rings. The van der Waals surface area contributed by atoms with Crippen molar-refractivity contribution in [3.8, 4) is 0 Å². The van der Waals surface area contributed by atoms with E-state index in [2.05, 4.69) is 18.5 Å². The summed E-state index contributed by atoms with van der Waals surface area (Å²) in [5, 5.41) is 12.0. The van der Waals surface area contributed by atoms with E-state index in [1.807, 2.05) is 20.8 Å². The van der Waals surface area contributed by atoms with Crippen LogP contribution in [0.4, 0.5) is 0 Å². The molecule has 0 aliphatic rings. The molecule has 0 saturated carbocycles. The minimum absolute atomic E-state index is 0.250. The average Bonchev–Trinajstić information content (AvgIpc) is 2.10. The van der Waals surface area contributed by atoms with E-state index in [1.165, 1.54) is 0 Å². The molecular formula is C13H23NO3. The minimum atomic E-state index is -0.964. The topological polar surface area (TPSA) is 58.6 Å². The fourth-order valence-corrected chi connectivity index (χ4v) is 1.24. The molecule has 0 rings (SSSR count). The van der Waals surface area contributed by atoms with Gasteiger partial charge >= 0.3 is 5.97 Å². The zero-order valence-electron chi connectivity index (χ0n) is 11.3. The first-order chi connectivity index (χ1) is 7.49. The van der Waals surface area contributed by atoms with Gasteiger partial charge in [0.1, 0.15) is 11.6 Å². The van der Waals surface area contributed by atoms with E-state index >= 15 is 0 Å². The van der Waals surface area contributed by atoms with Crippen molar-refractivity contribution in [2.45, 2.75) is 46.3 Å². The molecule has 0 aliphatic heterocycles. The Bertz CT molecular complexity index is 313. The predicted octanol–water partition coefficient (Wildman–Crippen LogP) is 2.53. The first-order valence-electron chi connectivity index (χ1n) is 5.50. The van der Waals surface area contributed by atoms with E-state index in [0.717, 1.165) is 0 Å². The van der Waals surface area contributed by atoms with Gasteiger partial charge in [-0.2, -0.15) is 0 Å². The third kappa shape index (κ3) is 5.43. The second kappa shape index (κ2) is 5.25. The van der Waals surface area contributed by atoms with Crippen LogP contribution in [0.15, 0.2) is 25.1 Å². The van der Waals surface area contributed by atoms with Crippen LogP contribution in [-0.2, 0) is 9.53 Å². The number of hydrogen-bond acceptors (Lipinski definition) is 3. The highest BCUT2D eigenvalue weighted by Crippen LogP contribution is 2.23. The van der Waals surface area contributed by atoms with Gasteiger partial charge < -0.3 is 15.2 Å². The second-order valence-corrected chi connectivity index (χ2v) is 5.58. The maximum atomic E-state index is 11.2. The largest absolute Gasteiger partial charge is 0.480 e. The summed E-state index contributed by atoms with van der Waals surface area (Å²) in [6.45, 7) is 16.5. The quantitative estimate of drug-likeness (QED) is 0.554. The van der Waals surface area contributed by atoms with Crippen LogP contribution in [-0.4, -0.2) is 22.7 Å². The molecule has 0 radical (unpaired) electrons. The molecule has 4 heteroatoms. The standard InChI is InChI=1S/C13H23NO3/c1-8-13(6,7)10(11(15)16)14-9(2)17-12(3,4)5/h8,10,14H,1-2H2,3-7H3,(H,15,16). The number of carboxylic acids is 1. The Balaban J connectivity index is 4.75. The van der Waals surface area contributed by atoms with Crippen molar-refractivity contribution in [2.75, 3.05) is 0 Å². The van der Waals surface area contributed by atoms with Gasteiger partial charge in [-0.3, -0.25) is 0 Å². The van der Waals surface area contributed by atoms with Crippen LogP contribution in [0.5, 0.6) is 0 Å². The van der Waals surface area contributed by atoms with Crippen LogP contribution < -0.4 is 5.32 Å². The maximum Gasteiger partial charge on any atom is 0.327 e. The molecule has 4 nitrogen and oxygen atoms in total. The van der Waals surface area contributed by atoms with Gasteiger partial charge in [0.15, 0.2) is 5.88 Å². The first kappa shape index (κ1) is 15.6. The van der Waals surface area contributed by atoms with Crippen LogP contribution >= 0.6 is 0 Å². The highest BCUT2D eigenvalue weighted by atomic mass is 16.5. The number of rotatable bonds is 6. The van der Waals surface area contributed by atoms with Crippen LogP contribution in [0, 0.1) is 5.41 Å². The van der Waals surface area contributed by atoms with Crippen molar-refractivity contribution in [2.24, 2.45) is 5.41 Å². The smallest absolute Gasteiger partial charge is 0.327 e. The summed E-state index contributed by atoms with van der Waals surface area (Å²) in [5.41, 5.74) is -1.01. The molecule has 1 atom stereocenters. The molecule has 17 heavy (non-hydrogen) atoms. The van der Waals surface area contributed by atoms with Gasteiger partial charge in [-0.15, -0.1) is 6.58 Å². The molecule has 0 bridgehead atoms. The van der Waals surface area contributed by atoms with E-state index < -0.39 is 23.0 Å². The van der Waals surface area contributed by atoms with Crippen LogP contribution in [0.2, 0.25) is 0 Å². The molecule has 0 aromatic carbocycles. The van der Waals surface area contributed by atoms with Crippen molar-refractivity contribution >= 4 is 5.97 Å². The van der Waals surface area contributed by atoms with Gasteiger partial charge in [0.2, 0.25) is 0 Å². The van der Waals surface area contributed by atoms with Crippen LogP contribution in [0.3, 0.4) is 0 Å². The molecule has 98 valence electrons. The number of aliphatic carboxylic acids is 1. The van der Waals surface area contributed by atoms with E-state index in [4.69, 9.17) is 4.74 Å². The number of ether oxygens (including phenoxy) is 1. The first-order valence-corrected chi connectivity index (χ1v) is 5.50. The number of carboxylic acid groups (broad SMARTS) is 1. The Morgan fingerprint density at radius 2 is 1.82 bits per heavy atom. The van der Waals surface area contributed by atoms with Gasteiger partial charge in [0, 0.05) is 5.41 Å². The van der Waals surface area contributed by atoms with Crippen LogP contribution in [0.25, 0.3) is 0 Å². The predicted molar refractivity (Wildman–Crippen MR) is 68.5 cm³/mol. The van der Waals surface area contributed by atoms with Gasteiger partial charge in [-0.1, -0.05) is 19.9 Å². The molecule has 0 aromatic heterocycles. The SMILES string of the molecule is C=CC(C)(C)C(NC(=C)OC(C)(C)C)C(=O)O. The Morgan fingerprint density at radius 3 is 2.12 bits per heavy atom. The third-order valence-electron chi connectivity index (χ3n) is 2.25. The normalized spacial score (nSPS) is 13.7. The molecule has 0 aromatic rings. The molecule has 0 spiro atoms. The summed E-state index contributed by atoms with van der Waals surface area (Å²) in [6.07, 6.45) is 1.60. The lowest BCUT2D eigenvalue weighted by Gasteiger charge is -2.32. The summed E-state index contributed by atoms with van der Waals surface area (Å²) >= 11 is 0. The van der Waals surface area contributed by atoms with Crippen LogP contribution in [0.1, 0.15) is 34.6 Å². The molecule has 0 amide bonds. The molecule has 2 N–H and O–H groups in total. The molecular weight excluding hydrogens is 218 g/mol. The van der Waals surface area contributed by atoms with Gasteiger partial charge in [0.05, 0.1) is 0 Å². The van der Waals surface area contributed by atoms with E-state index in [0.29, 0.717) is 0 Å². The fourth-order valence-electron chi connectivity index (χ4n) is 1.24. The molecule has 0 heterocycles. The van der Waals surface area contributed by atoms with Gasteiger partial charge in [0.25, 0.3) is 0 Å². The lowest BCUT2D eigenvalue weighted by Crippen LogP contribution is -2.47. The highest BCUT2D eigenvalue weighted by molar-refractivity contribution is 5.75. The van der Waals surface area contributed by atoms with Gasteiger partial charge in [-0.05, 0) is 27.4 Å².